The van der Waals surface area contributed by atoms with E-state index in [1.165, 1.54) is 55.6 Å². The lowest BCUT2D eigenvalue weighted by Gasteiger charge is -2.32. The highest BCUT2D eigenvalue weighted by molar-refractivity contribution is 6.06. The molecule has 63 heavy (non-hydrogen) atoms. The van der Waals surface area contributed by atoms with Gasteiger partial charge in [-0.15, -0.1) is 0 Å². The van der Waals surface area contributed by atoms with Crippen LogP contribution in [0, 0.1) is 0 Å². The quantitative estimate of drug-likeness (QED) is 0.168. The average Bonchev–Trinajstić information content (AvgIpc) is 3.94. The van der Waals surface area contributed by atoms with Gasteiger partial charge in [0.25, 0.3) is 0 Å². The molecule has 0 saturated carbocycles. The summed E-state index contributed by atoms with van der Waals surface area (Å²) in [7, 11) is 0. The van der Waals surface area contributed by atoms with Gasteiger partial charge in [-0.3, -0.25) is 9.97 Å². The highest BCUT2D eigenvalue weighted by Crippen LogP contribution is 2.65. The first-order valence-corrected chi connectivity index (χ1v) is 21.8. The van der Waals surface area contributed by atoms with Crippen molar-refractivity contribution >= 4 is 28.0 Å². The smallest absolute Gasteiger partial charge is 0.0747 e. The molecule has 3 aromatic heterocycles. The molecular weight excluding hydrogens is 765 g/mol. The first-order valence-electron chi connectivity index (χ1n) is 21.8. The molecular formula is C59H44N4. The Kier molecular flexibility index (Phi) is 8.29. The molecule has 4 heteroatoms. The van der Waals surface area contributed by atoms with Crippen molar-refractivity contribution in [3.63, 3.8) is 0 Å². The van der Waals surface area contributed by atoms with Gasteiger partial charge in [0.2, 0.25) is 0 Å². The second-order valence-electron chi connectivity index (χ2n) is 17.8. The lowest BCUT2D eigenvalue weighted by Crippen LogP contribution is -2.26. The molecule has 0 fully saturated rings. The summed E-state index contributed by atoms with van der Waals surface area (Å²) in [6, 6.07) is 73.2. The summed E-state index contributed by atoms with van der Waals surface area (Å²) in [6.07, 6.45) is 3.75. The zero-order valence-corrected chi connectivity index (χ0v) is 35.5. The topological polar surface area (TPSA) is 34.0 Å². The maximum atomic E-state index is 4.87. The van der Waals surface area contributed by atoms with E-state index < -0.39 is 5.41 Å². The number of hydrogen-bond acceptors (Lipinski definition) is 3. The summed E-state index contributed by atoms with van der Waals surface area (Å²) in [5.41, 5.74) is 20.4. The molecule has 0 amide bonds. The predicted octanol–water partition coefficient (Wildman–Crippen LogP) is 14.9. The molecule has 1 atom stereocenters. The van der Waals surface area contributed by atoms with Crippen LogP contribution in [0.25, 0.3) is 61.5 Å². The minimum atomic E-state index is -0.589. The van der Waals surface area contributed by atoms with Crippen LogP contribution in [0.4, 0.5) is 17.1 Å². The molecule has 300 valence electrons. The van der Waals surface area contributed by atoms with Crippen LogP contribution in [0.3, 0.4) is 0 Å². The summed E-state index contributed by atoms with van der Waals surface area (Å²) in [5, 5.41) is 1.21. The van der Waals surface area contributed by atoms with E-state index in [9.17, 15) is 0 Å². The van der Waals surface area contributed by atoms with Gasteiger partial charge in [0.05, 0.1) is 28.0 Å². The van der Waals surface area contributed by atoms with Crippen LogP contribution >= 0.6 is 0 Å². The summed E-state index contributed by atoms with van der Waals surface area (Å²) < 4.78 is 2.53. The Labute approximate surface area is 368 Å². The fourth-order valence-electron chi connectivity index (χ4n) is 10.5. The van der Waals surface area contributed by atoms with Gasteiger partial charge in [0, 0.05) is 62.8 Å². The largest absolute Gasteiger partial charge is 0.310 e. The number of benzene rings is 7. The van der Waals surface area contributed by atoms with Crippen LogP contribution in [-0.2, 0) is 10.8 Å². The number of rotatable bonds is 6. The van der Waals surface area contributed by atoms with Crippen LogP contribution in [0.15, 0.2) is 213 Å². The van der Waals surface area contributed by atoms with Crippen molar-refractivity contribution < 1.29 is 0 Å². The second-order valence-corrected chi connectivity index (χ2v) is 17.8. The highest BCUT2D eigenvalue weighted by atomic mass is 15.1. The maximum absolute atomic E-state index is 4.87. The van der Waals surface area contributed by atoms with Crippen molar-refractivity contribution in [2.24, 2.45) is 0 Å². The van der Waals surface area contributed by atoms with Crippen molar-refractivity contribution in [1.29, 1.82) is 0 Å². The van der Waals surface area contributed by atoms with Gasteiger partial charge < -0.3 is 9.47 Å². The molecule has 10 aromatic rings. The normalized spacial score (nSPS) is 14.7. The fourth-order valence-corrected chi connectivity index (χ4v) is 10.5. The Morgan fingerprint density at radius 1 is 0.460 bits per heavy atom. The number of para-hydroxylation sites is 2. The van der Waals surface area contributed by atoms with Crippen LogP contribution < -0.4 is 4.90 Å². The van der Waals surface area contributed by atoms with Crippen LogP contribution in [-0.4, -0.2) is 14.5 Å². The van der Waals surface area contributed by atoms with Gasteiger partial charge in [0.15, 0.2) is 0 Å². The third-order valence-electron chi connectivity index (χ3n) is 13.2. The minimum Gasteiger partial charge on any atom is -0.310 e. The molecule has 12 rings (SSSR count). The molecule has 7 aromatic carbocycles. The molecule has 2 aliphatic carbocycles. The Balaban J connectivity index is 1.25. The minimum absolute atomic E-state index is 0.0488. The average molecular weight is 809 g/mol. The summed E-state index contributed by atoms with van der Waals surface area (Å²) in [6.45, 7) is 6.97. The zero-order chi connectivity index (χ0) is 42.3. The van der Waals surface area contributed by atoms with Gasteiger partial charge in [-0.25, -0.2) is 0 Å². The van der Waals surface area contributed by atoms with Gasteiger partial charge >= 0.3 is 0 Å². The van der Waals surface area contributed by atoms with E-state index in [-0.39, 0.29) is 5.41 Å². The van der Waals surface area contributed by atoms with Gasteiger partial charge in [0.1, 0.15) is 0 Å². The van der Waals surface area contributed by atoms with Gasteiger partial charge in [-0.2, -0.15) is 0 Å². The standard InChI is InChI=1S/C59H44N4/c1-58(2,3)41-28-30-47-46-22-10-12-24-50(46)59(52(47)37-41)51-25-13-11-23-48(51)57-56(59)49-38-44(62(42-18-6-4-7-19-42)43-20-8-5-9-21-43)29-31-55(49)63(57)45-35-39(53-26-14-16-32-60-53)34-40(36-45)54-27-15-17-33-61-54/h4-38H,1-3H3. The molecule has 1 unspecified atom stereocenters. The first-order chi connectivity index (χ1) is 30.9. The van der Waals surface area contributed by atoms with E-state index >= 15 is 0 Å². The van der Waals surface area contributed by atoms with E-state index in [2.05, 4.69) is 218 Å². The molecule has 0 bridgehead atoms. The van der Waals surface area contributed by atoms with Crippen LogP contribution in [0.1, 0.15) is 48.6 Å². The predicted molar refractivity (Wildman–Crippen MR) is 259 cm³/mol. The van der Waals surface area contributed by atoms with Gasteiger partial charge in [-0.1, -0.05) is 136 Å². The first kappa shape index (κ1) is 37.0. The SMILES string of the molecule is CC(C)(C)c1ccc2c(c1)C1(c3ccccc3-2)c2ccccc2-c2c1c1cc(N(c3ccccc3)c3ccccc3)ccc1n2-c1cc(-c2ccccn2)cc(-c2ccccn2)c1. The van der Waals surface area contributed by atoms with E-state index in [0.717, 1.165) is 50.8 Å². The molecule has 1 spiro atoms. The van der Waals surface area contributed by atoms with E-state index in [4.69, 9.17) is 9.97 Å². The summed E-state index contributed by atoms with van der Waals surface area (Å²) in [4.78, 5) is 12.1. The van der Waals surface area contributed by atoms with E-state index in [1.54, 1.807) is 0 Å². The number of anilines is 3. The summed E-state index contributed by atoms with van der Waals surface area (Å²) >= 11 is 0. The van der Waals surface area contributed by atoms with E-state index in [0.29, 0.717) is 0 Å². The lowest BCUT2D eigenvalue weighted by molar-refractivity contribution is 0.588. The molecule has 0 saturated heterocycles. The van der Waals surface area contributed by atoms with E-state index in [1.807, 2.05) is 24.5 Å². The molecule has 0 N–H and O–H groups in total. The molecule has 3 heterocycles. The Bertz CT molecular complexity index is 3270. The van der Waals surface area contributed by atoms with Crippen molar-refractivity contribution in [2.45, 2.75) is 31.6 Å². The van der Waals surface area contributed by atoms with Crippen molar-refractivity contribution in [1.82, 2.24) is 14.5 Å². The molecule has 4 nitrogen and oxygen atoms in total. The number of hydrogen-bond donors (Lipinski definition) is 0. The zero-order valence-electron chi connectivity index (χ0n) is 35.5. The molecule has 0 aliphatic heterocycles. The molecule has 2 aliphatic rings. The van der Waals surface area contributed by atoms with Crippen molar-refractivity contribution in [2.75, 3.05) is 4.90 Å². The third kappa shape index (κ3) is 5.61. The van der Waals surface area contributed by atoms with Crippen molar-refractivity contribution in [3.8, 4) is 50.6 Å². The lowest BCUT2D eigenvalue weighted by atomic mass is 9.69. The van der Waals surface area contributed by atoms with Gasteiger partial charge in [-0.05, 0) is 124 Å². The Hall–Kier alpha value is -7.82. The fraction of sp³-hybridized carbons (Fsp3) is 0.0847. The number of nitrogens with zero attached hydrogens (tertiary/aromatic N) is 4. The van der Waals surface area contributed by atoms with Crippen LogP contribution in [0.5, 0.6) is 0 Å². The monoisotopic (exact) mass is 808 g/mol. The maximum Gasteiger partial charge on any atom is 0.0747 e. The number of pyridine rings is 2. The number of fused-ring (bicyclic) bond motifs is 12. The molecule has 0 radical (unpaired) electrons. The second kappa shape index (κ2) is 14.1. The van der Waals surface area contributed by atoms with Crippen LogP contribution in [0.2, 0.25) is 0 Å². The van der Waals surface area contributed by atoms with Crippen molar-refractivity contribution in [3.05, 3.63) is 240 Å². The number of aromatic nitrogens is 3. The Morgan fingerprint density at radius 2 is 1.02 bits per heavy atom. The summed E-state index contributed by atoms with van der Waals surface area (Å²) in [5.74, 6) is 0. The Morgan fingerprint density at radius 3 is 1.62 bits per heavy atom. The highest BCUT2D eigenvalue weighted by Gasteiger charge is 2.54. The third-order valence-corrected chi connectivity index (χ3v) is 13.2.